The molecule has 0 fully saturated rings. The highest BCUT2D eigenvalue weighted by atomic mass is 35.5. The van der Waals surface area contributed by atoms with Gasteiger partial charge in [-0.05, 0) is 53.6 Å². The Morgan fingerprint density at radius 2 is 1.77 bits per heavy atom. The predicted octanol–water partition coefficient (Wildman–Crippen LogP) is 5.40. The van der Waals surface area contributed by atoms with Crippen molar-refractivity contribution in [3.63, 3.8) is 0 Å². The summed E-state index contributed by atoms with van der Waals surface area (Å²) in [6.07, 6.45) is 1.74. The van der Waals surface area contributed by atoms with Crippen LogP contribution in [0.25, 0.3) is 11.6 Å². The lowest BCUT2D eigenvalue weighted by Gasteiger charge is -2.11. The molecule has 0 atom stereocenters. The molecule has 0 unspecified atom stereocenters. The van der Waals surface area contributed by atoms with E-state index in [0.29, 0.717) is 22.1 Å². The van der Waals surface area contributed by atoms with Gasteiger partial charge in [0.25, 0.3) is 0 Å². The molecule has 0 saturated heterocycles. The minimum Gasteiger partial charge on any atom is -0.493 e. The molecule has 3 aromatic rings. The standard InChI is InChI=1S/C24H18ClNO4/c1-28-23-14-17(13-19(15-26)18-5-3-2-4-6-18)7-12-22(23)30-24(27)16-29-21-10-8-20(25)9-11-21/h2-14H,16H2,1H3. The summed E-state index contributed by atoms with van der Waals surface area (Å²) in [5.41, 5.74) is 2.07. The molecule has 150 valence electrons. The second-order valence-electron chi connectivity index (χ2n) is 6.16. The highest BCUT2D eigenvalue weighted by Gasteiger charge is 2.12. The van der Waals surface area contributed by atoms with Crippen molar-refractivity contribution in [3.8, 4) is 23.3 Å². The minimum atomic E-state index is -0.575. The van der Waals surface area contributed by atoms with Gasteiger partial charge in [-0.15, -0.1) is 0 Å². The van der Waals surface area contributed by atoms with Crippen LogP contribution in [0.15, 0.2) is 72.8 Å². The third kappa shape index (κ3) is 5.63. The van der Waals surface area contributed by atoms with E-state index >= 15 is 0 Å². The quantitative estimate of drug-likeness (QED) is 0.222. The first-order valence-electron chi connectivity index (χ1n) is 9.03. The van der Waals surface area contributed by atoms with E-state index in [2.05, 4.69) is 6.07 Å². The molecule has 30 heavy (non-hydrogen) atoms. The van der Waals surface area contributed by atoms with Crippen LogP contribution in [0.1, 0.15) is 11.1 Å². The zero-order valence-corrected chi connectivity index (χ0v) is 16.9. The van der Waals surface area contributed by atoms with Gasteiger partial charge >= 0.3 is 5.97 Å². The van der Waals surface area contributed by atoms with Crippen molar-refractivity contribution in [2.75, 3.05) is 13.7 Å². The van der Waals surface area contributed by atoms with Gasteiger partial charge in [-0.25, -0.2) is 4.79 Å². The van der Waals surface area contributed by atoms with Gasteiger partial charge < -0.3 is 14.2 Å². The number of hydrogen-bond acceptors (Lipinski definition) is 5. The van der Waals surface area contributed by atoms with Crippen molar-refractivity contribution in [1.82, 2.24) is 0 Å². The lowest BCUT2D eigenvalue weighted by atomic mass is 10.0. The van der Waals surface area contributed by atoms with E-state index in [1.165, 1.54) is 7.11 Å². The Bertz CT molecular complexity index is 1090. The molecule has 6 heteroatoms. The number of nitriles is 1. The van der Waals surface area contributed by atoms with E-state index < -0.39 is 5.97 Å². The Morgan fingerprint density at radius 3 is 2.43 bits per heavy atom. The van der Waals surface area contributed by atoms with Crippen LogP contribution in [0.2, 0.25) is 5.02 Å². The molecule has 0 N–H and O–H groups in total. The summed E-state index contributed by atoms with van der Waals surface area (Å²) in [5, 5.41) is 10.0. The minimum absolute atomic E-state index is 0.262. The monoisotopic (exact) mass is 419 g/mol. The predicted molar refractivity (Wildman–Crippen MR) is 116 cm³/mol. The number of esters is 1. The zero-order valence-electron chi connectivity index (χ0n) is 16.2. The third-order valence-corrected chi connectivity index (χ3v) is 4.35. The average molecular weight is 420 g/mol. The molecule has 0 aliphatic carbocycles. The Hall–Kier alpha value is -3.75. The summed E-state index contributed by atoms with van der Waals surface area (Å²) >= 11 is 5.82. The molecule has 0 saturated carbocycles. The fourth-order valence-corrected chi connectivity index (χ4v) is 2.77. The van der Waals surface area contributed by atoms with Crippen LogP contribution in [0, 0.1) is 11.3 Å². The SMILES string of the molecule is COc1cc(C=C(C#N)c2ccccc2)ccc1OC(=O)COc1ccc(Cl)cc1. The van der Waals surface area contributed by atoms with Crippen LogP contribution in [-0.4, -0.2) is 19.7 Å². The molecule has 5 nitrogen and oxygen atoms in total. The molecule has 0 aromatic heterocycles. The van der Waals surface area contributed by atoms with E-state index in [-0.39, 0.29) is 12.4 Å². The Kier molecular flexibility index (Phi) is 7.09. The highest BCUT2D eigenvalue weighted by Crippen LogP contribution is 2.30. The summed E-state index contributed by atoms with van der Waals surface area (Å²) in [5.74, 6) is 0.564. The van der Waals surface area contributed by atoms with E-state index in [0.717, 1.165) is 11.1 Å². The molecule has 0 heterocycles. The fourth-order valence-electron chi connectivity index (χ4n) is 2.65. The first-order valence-corrected chi connectivity index (χ1v) is 9.41. The molecule has 3 aromatic carbocycles. The van der Waals surface area contributed by atoms with Crippen molar-refractivity contribution in [2.24, 2.45) is 0 Å². The van der Waals surface area contributed by atoms with Crippen LogP contribution < -0.4 is 14.2 Å². The maximum atomic E-state index is 12.1. The van der Waals surface area contributed by atoms with Crippen molar-refractivity contribution in [3.05, 3.63) is 88.9 Å². The van der Waals surface area contributed by atoms with E-state index in [9.17, 15) is 10.1 Å². The maximum absolute atomic E-state index is 12.1. The van der Waals surface area contributed by atoms with E-state index in [1.54, 1.807) is 48.5 Å². The average Bonchev–Trinajstić information content (AvgIpc) is 2.78. The number of rotatable bonds is 7. The molecule has 0 spiro atoms. The van der Waals surface area contributed by atoms with Gasteiger partial charge in [0.05, 0.1) is 18.8 Å². The second-order valence-corrected chi connectivity index (χ2v) is 6.60. The number of halogens is 1. The lowest BCUT2D eigenvalue weighted by molar-refractivity contribution is -0.136. The zero-order chi connectivity index (χ0) is 21.3. The molecule has 0 radical (unpaired) electrons. The molecule has 3 rings (SSSR count). The van der Waals surface area contributed by atoms with Crippen molar-refractivity contribution >= 4 is 29.2 Å². The Labute approximate surface area is 179 Å². The first-order chi connectivity index (χ1) is 14.6. The van der Waals surface area contributed by atoms with Crippen molar-refractivity contribution in [1.29, 1.82) is 5.26 Å². The molecule has 0 amide bonds. The maximum Gasteiger partial charge on any atom is 0.349 e. The number of carbonyl (C=O) groups excluding carboxylic acids is 1. The van der Waals surface area contributed by atoms with Crippen LogP contribution in [0.3, 0.4) is 0 Å². The molecular weight excluding hydrogens is 402 g/mol. The van der Waals surface area contributed by atoms with Gasteiger partial charge in [-0.3, -0.25) is 0 Å². The largest absolute Gasteiger partial charge is 0.493 e. The van der Waals surface area contributed by atoms with Crippen LogP contribution >= 0.6 is 11.6 Å². The number of nitrogens with zero attached hydrogens (tertiary/aromatic N) is 1. The van der Waals surface area contributed by atoms with Gasteiger partial charge in [0, 0.05) is 5.02 Å². The normalized spacial score (nSPS) is 10.8. The molecular formula is C24H18ClNO4. The summed E-state index contributed by atoms with van der Waals surface area (Å²) < 4.78 is 16.1. The smallest absolute Gasteiger partial charge is 0.349 e. The summed E-state index contributed by atoms with van der Waals surface area (Å²) in [7, 11) is 1.48. The Morgan fingerprint density at radius 1 is 1.03 bits per heavy atom. The van der Waals surface area contributed by atoms with Gasteiger partial charge in [-0.2, -0.15) is 5.26 Å². The number of ether oxygens (including phenoxy) is 3. The van der Waals surface area contributed by atoms with E-state index in [4.69, 9.17) is 25.8 Å². The van der Waals surface area contributed by atoms with E-state index in [1.807, 2.05) is 30.3 Å². The number of carbonyl (C=O) groups is 1. The van der Waals surface area contributed by atoms with Gasteiger partial charge in [0.1, 0.15) is 5.75 Å². The number of hydrogen-bond donors (Lipinski definition) is 0. The van der Waals surface area contributed by atoms with Gasteiger partial charge in [-0.1, -0.05) is 48.0 Å². The molecule has 0 aliphatic rings. The van der Waals surface area contributed by atoms with Gasteiger partial charge in [0.2, 0.25) is 0 Å². The van der Waals surface area contributed by atoms with Crippen LogP contribution in [0.4, 0.5) is 0 Å². The fraction of sp³-hybridized carbons (Fsp3) is 0.0833. The number of benzene rings is 3. The van der Waals surface area contributed by atoms with Crippen molar-refractivity contribution in [2.45, 2.75) is 0 Å². The summed E-state index contributed by atoms with van der Waals surface area (Å²) in [6, 6.07) is 23.3. The number of methoxy groups -OCH3 is 1. The van der Waals surface area contributed by atoms with Gasteiger partial charge in [0.15, 0.2) is 18.1 Å². The van der Waals surface area contributed by atoms with Crippen LogP contribution in [0.5, 0.6) is 17.2 Å². The molecule has 0 bridgehead atoms. The summed E-state index contributed by atoms with van der Waals surface area (Å²) in [4.78, 5) is 12.1. The summed E-state index contributed by atoms with van der Waals surface area (Å²) in [6.45, 7) is -0.265. The Balaban J connectivity index is 1.70. The molecule has 0 aliphatic heterocycles. The highest BCUT2D eigenvalue weighted by molar-refractivity contribution is 6.30. The number of allylic oxidation sites excluding steroid dienone is 1. The first kappa shape index (κ1) is 21.0. The topological polar surface area (TPSA) is 68.5 Å². The second kappa shape index (κ2) is 10.1. The van der Waals surface area contributed by atoms with Crippen molar-refractivity contribution < 1.29 is 19.0 Å². The third-order valence-electron chi connectivity index (χ3n) is 4.10. The lowest BCUT2D eigenvalue weighted by Crippen LogP contribution is -2.18. The van der Waals surface area contributed by atoms with Crippen LogP contribution in [-0.2, 0) is 4.79 Å².